The first-order valence-electron chi connectivity index (χ1n) is 6.03. The molecule has 1 aromatic heterocycles. The molecule has 1 saturated heterocycles. The van der Waals surface area contributed by atoms with E-state index in [-0.39, 0.29) is 0 Å². The van der Waals surface area contributed by atoms with Crippen molar-refractivity contribution in [2.24, 2.45) is 11.8 Å². The summed E-state index contributed by atoms with van der Waals surface area (Å²) in [6.07, 6.45) is 3.65. The SMILES string of the molecule is CC(Nc1ncnc(NN)c1Br)C1CCOCC1. The molecule has 7 heteroatoms. The predicted octanol–water partition coefficient (Wildman–Crippen LogP) is 1.75. The Labute approximate surface area is 115 Å². The van der Waals surface area contributed by atoms with Gasteiger partial charge in [-0.25, -0.2) is 15.8 Å². The number of nitrogens with two attached hydrogens (primary N) is 1. The van der Waals surface area contributed by atoms with E-state index in [0.717, 1.165) is 36.3 Å². The fraction of sp³-hybridized carbons (Fsp3) is 0.636. The maximum atomic E-state index is 5.38. The number of nitrogens with one attached hydrogen (secondary N) is 2. The van der Waals surface area contributed by atoms with Crippen LogP contribution in [0.25, 0.3) is 0 Å². The first-order valence-corrected chi connectivity index (χ1v) is 6.83. The van der Waals surface area contributed by atoms with Crippen LogP contribution in [0.15, 0.2) is 10.8 Å². The van der Waals surface area contributed by atoms with Crippen LogP contribution < -0.4 is 16.6 Å². The number of hydrogen-bond donors (Lipinski definition) is 3. The Hall–Kier alpha value is -0.920. The van der Waals surface area contributed by atoms with Gasteiger partial charge in [0, 0.05) is 19.3 Å². The van der Waals surface area contributed by atoms with Gasteiger partial charge >= 0.3 is 0 Å². The minimum absolute atomic E-state index is 0.339. The number of nitrogen functional groups attached to an aromatic ring is 1. The van der Waals surface area contributed by atoms with Crippen molar-refractivity contribution >= 4 is 27.6 Å². The first kappa shape index (κ1) is 13.5. The van der Waals surface area contributed by atoms with Crippen LogP contribution in [0.4, 0.5) is 11.6 Å². The Kier molecular flexibility index (Phi) is 4.73. The van der Waals surface area contributed by atoms with Crippen molar-refractivity contribution in [3.63, 3.8) is 0 Å². The molecule has 1 unspecified atom stereocenters. The van der Waals surface area contributed by atoms with Crippen molar-refractivity contribution in [2.75, 3.05) is 24.0 Å². The second kappa shape index (κ2) is 6.31. The van der Waals surface area contributed by atoms with Gasteiger partial charge in [0.1, 0.15) is 16.6 Å². The highest BCUT2D eigenvalue weighted by atomic mass is 79.9. The molecule has 100 valence electrons. The van der Waals surface area contributed by atoms with E-state index in [4.69, 9.17) is 10.6 Å². The predicted molar refractivity (Wildman–Crippen MR) is 74.2 cm³/mol. The summed E-state index contributed by atoms with van der Waals surface area (Å²) in [5.74, 6) is 7.32. The van der Waals surface area contributed by atoms with Crippen LogP contribution in [0.2, 0.25) is 0 Å². The summed E-state index contributed by atoms with van der Waals surface area (Å²) in [7, 11) is 0. The van der Waals surface area contributed by atoms with Crippen molar-refractivity contribution in [3.05, 3.63) is 10.8 Å². The lowest BCUT2D eigenvalue weighted by Gasteiger charge is -2.29. The van der Waals surface area contributed by atoms with Crippen molar-refractivity contribution in [3.8, 4) is 0 Å². The van der Waals surface area contributed by atoms with Gasteiger partial charge in [-0.3, -0.25) is 0 Å². The molecule has 0 aliphatic carbocycles. The summed E-state index contributed by atoms with van der Waals surface area (Å²) >= 11 is 3.44. The lowest BCUT2D eigenvalue weighted by Crippen LogP contribution is -2.31. The third-order valence-electron chi connectivity index (χ3n) is 3.26. The molecule has 2 heterocycles. The van der Waals surface area contributed by atoms with E-state index in [2.05, 4.69) is 43.6 Å². The Morgan fingerprint density at radius 3 is 2.72 bits per heavy atom. The number of ether oxygens (including phenoxy) is 1. The number of hydrogen-bond acceptors (Lipinski definition) is 6. The molecule has 0 amide bonds. The second-order valence-electron chi connectivity index (χ2n) is 4.41. The van der Waals surface area contributed by atoms with Crippen LogP contribution in [0.1, 0.15) is 19.8 Å². The highest BCUT2D eigenvalue weighted by molar-refractivity contribution is 9.10. The lowest BCUT2D eigenvalue weighted by molar-refractivity contribution is 0.0622. The van der Waals surface area contributed by atoms with Crippen LogP contribution in [0.5, 0.6) is 0 Å². The van der Waals surface area contributed by atoms with Gasteiger partial charge in [0.15, 0.2) is 5.82 Å². The molecule has 1 aliphatic heterocycles. The van der Waals surface area contributed by atoms with Crippen molar-refractivity contribution < 1.29 is 4.74 Å². The number of halogens is 1. The third-order valence-corrected chi connectivity index (χ3v) is 4.01. The number of nitrogens with zero attached hydrogens (tertiary/aromatic N) is 2. The zero-order valence-electron chi connectivity index (χ0n) is 10.3. The fourth-order valence-electron chi connectivity index (χ4n) is 2.12. The molecule has 0 radical (unpaired) electrons. The van der Waals surface area contributed by atoms with E-state index in [1.165, 1.54) is 6.33 Å². The van der Waals surface area contributed by atoms with E-state index >= 15 is 0 Å². The van der Waals surface area contributed by atoms with E-state index in [9.17, 15) is 0 Å². The standard InChI is InChI=1S/C11H18BrN5O/c1-7(8-2-4-18-5-3-8)16-10-9(12)11(17-13)15-6-14-10/h6-8H,2-5,13H2,1H3,(H2,14,15,16,17). The highest BCUT2D eigenvalue weighted by Gasteiger charge is 2.21. The van der Waals surface area contributed by atoms with Crippen molar-refractivity contribution in [1.82, 2.24) is 9.97 Å². The zero-order chi connectivity index (χ0) is 13.0. The number of hydrazine groups is 1. The summed E-state index contributed by atoms with van der Waals surface area (Å²) in [4.78, 5) is 8.25. The first-order chi connectivity index (χ1) is 8.72. The Morgan fingerprint density at radius 1 is 1.39 bits per heavy atom. The molecule has 18 heavy (non-hydrogen) atoms. The normalized spacial score (nSPS) is 18.4. The molecule has 1 fully saturated rings. The fourth-order valence-corrected chi connectivity index (χ4v) is 2.55. The van der Waals surface area contributed by atoms with Gasteiger partial charge in [-0.2, -0.15) is 0 Å². The molecule has 0 bridgehead atoms. The van der Waals surface area contributed by atoms with Gasteiger partial charge in [0.2, 0.25) is 0 Å². The quantitative estimate of drug-likeness (QED) is 0.580. The zero-order valence-corrected chi connectivity index (χ0v) is 11.9. The number of aromatic nitrogens is 2. The largest absolute Gasteiger partial charge is 0.381 e. The summed E-state index contributed by atoms with van der Waals surface area (Å²) in [5, 5.41) is 3.41. The molecule has 6 nitrogen and oxygen atoms in total. The van der Waals surface area contributed by atoms with Gasteiger partial charge in [0.05, 0.1) is 0 Å². The molecule has 0 spiro atoms. The Morgan fingerprint density at radius 2 is 2.06 bits per heavy atom. The van der Waals surface area contributed by atoms with Gasteiger partial charge in [-0.15, -0.1) is 0 Å². The minimum Gasteiger partial charge on any atom is -0.381 e. The van der Waals surface area contributed by atoms with Crippen LogP contribution >= 0.6 is 15.9 Å². The van der Waals surface area contributed by atoms with E-state index in [1.807, 2.05) is 0 Å². The molecule has 0 saturated carbocycles. The lowest BCUT2D eigenvalue weighted by atomic mass is 9.93. The van der Waals surface area contributed by atoms with E-state index < -0.39 is 0 Å². The van der Waals surface area contributed by atoms with E-state index in [0.29, 0.717) is 17.8 Å². The van der Waals surface area contributed by atoms with Crippen LogP contribution in [0, 0.1) is 5.92 Å². The number of rotatable bonds is 4. The molecular formula is C11H18BrN5O. The maximum absolute atomic E-state index is 5.38. The van der Waals surface area contributed by atoms with Crippen molar-refractivity contribution in [2.45, 2.75) is 25.8 Å². The summed E-state index contributed by atoms with van der Waals surface area (Å²) < 4.78 is 6.13. The third kappa shape index (κ3) is 3.09. The molecule has 2 rings (SSSR count). The van der Waals surface area contributed by atoms with E-state index in [1.54, 1.807) is 0 Å². The monoisotopic (exact) mass is 315 g/mol. The van der Waals surface area contributed by atoms with Gasteiger partial charge < -0.3 is 15.5 Å². The topological polar surface area (TPSA) is 85.1 Å². The highest BCUT2D eigenvalue weighted by Crippen LogP contribution is 2.28. The average molecular weight is 316 g/mol. The van der Waals surface area contributed by atoms with Crippen molar-refractivity contribution in [1.29, 1.82) is 0 Å². The molecule has 1 atom stereocenters. The minimum atomic E-state index is 0.339. The summed E-state index contributed by atoms with van der Waals surface area (Å²) in [5.41, 5.74) is 2.53. The summed E-state index contributed by atoms with van der Waals surface area (Å²) in [6, 6.07) is 0.339. The molecule has 0 aromatic carbocycles. The maximum Gasteiger partial charge on any atom is 0.159 e. The smallest absolute Gasteiger partial charge is 0.159 e. The van der Waals surface area contributed by atoms with Gasteiger partial charge in [-0.05, 0) is 41.6 Å². The Balaban J connectivity index is 2.04. The molecule has 1 aromatic rings. The van der Waals surface area contributed by atoms with Gasteiger partial charge in [0.25, 0.3) is 0 Å². The second-order valence-corrected chi connectivity index (χ2v) is 5.21. The average Bonchev–Trinajstić information content (AvgIpc) is 2.42. The van der Waals surface area contributed by atoms with Crippen LogP contribution in [-0.4, -0.2) is 29.2 Å². The van der Waals surface area contributed by atoms with Crippen LogP contribution in [-0.2, 0) is 4.74 Å². The molecule has 1 aliphatic rings. The molecule has 4 N–H and O–H groups in total. The van der Waals surface area contributed by atoms with Crippen LogP contribution in [0.3, 0.4) is 0 Å². The Bertz CT molecular complexity index is 397. The number of anilines is 2. The summed E-state index contributed by atoms with van der Waals surface area (Å²) in [6.45, 7) is 3.86. The molecular weight excluding hydrogens is 298 g/mol. The van der Waals surface area contributed by atoms with Gasteiger partial charge in [-0.1, -0.05) is 0 Å².